The summed E-state index contributed by atoms with van der Waals surface area (Å²) in [7, 11) is -3.73. The lowest BCUT2D eigenvalue weighted by Gasteiger charge is -2.20. The molecule has 2 amide bonds. The summed E-state index contributed by atoms with van der Waals surface area (Å²) < 4.78 is 27.8. The van der Waals surface area contributed by atoms with Gasteiger partial charge in [0.25, 0.3) is 0 Å². The zero-order chi connectivity index (χ0) is 21.0. The fraction of sp³-hybridized carbons (Fsp3) is 0.579. The second-order valence-electron chi connectivity index (χ2n) is 7.81. The molecule has 0 aliphatic heterocycles. The van der Waals surface area contributed by atoms with Crippen LogP contribution in [0, 0.1) is 27.7 Å². The third kappa shape index (κ3) is 6.95. The van der Waals surface area contributed by atoms with Crippen LogP contribution >= 0.6 is 0 Å². The Labute approximate surface area is 162 Å². The summed E-state index contributed by atoms with van der Waals surface area (Å²) >= 11 is 0. The van der Waals surface area contributed by atoms with Crippen LogP contribution in [0.15, 0.2) is 11.0 Å². The third-order valence-corrected chi connectivity index (χ3v) is 5.90. The second kappa shape index (κ2) is 8.84. The zero-order valence-corrected chi connectivity index (χ0v) is 18.1. The van der Waals surface area contributed by atoms with Crippen molar-refractivity contribution in [3.8, 4) is 0 Å². The smallest absolute Gasteiger partial charge is 0.241 e. The monoisotopic (exact) mass is 397 g/mol. The molecule has 0 aromatic heterocycles. The Hall–Kier alpha value is -1.93. The first kappa shape index (κ1) is 23.1. The van der Waals surface area contributed by atoms with E-state index in [0.717, 1.165) is 11.1 Å². The highest BCUT2D eigenvalue weighted by atomic mass is 32.2. The molecule has 0 unspecified atom stereocenters. The number of sulfonamides is 1. The van der Waals surface area contributed by atoms with E-state index in [9.17, 15) is 18.0 Å². The number of carbonyl (C=O) groups excluding carboxylic acids is 2. The average molecular weight is 398 g/mol. The summed E-state index contributed by atoms with van der Waals surface area (Å²) in [5, 5.41) is 5.22. The lowest BCUT2D eigenvalue weighted by molar-refractivity contribution is -0.126. The molecule has 0 aliphatic rings. The van der Waals surface area contributed by atoms with Gasteiger partial charge in [-0.25, -0.2) is 13.1 Å². The number of nitrogens with one attached hydrogen (secondary N) is 3. The summed E-state index contributed by atoms with van der Waals surface area (Å²) in [6, 6.07) is 1.96. The molecule has 0 aliphatic carbocycles. The molecule has 1 rings (SSSR count). The van der Waals surface area contributed by atoms with Crippen molar-refractivity contribution in [2.24, 2.45) is 0 Å². The van der Waals surface area contributed by atoms with Gasteiger partial charge >= 0.3 is 0 Å². The maximum absolute atomic E-state index is 12.7. The minimum Gasteiger partial charge on any atom is -0.350 e. The van der Waals surface area contributed by atoms with Gasteiger partial charge in [0.1, 0.15) is 0 Å². The highest BCUT2D eigenvalue weighted by Crippen LogP contribution is 2.25. The topological polar surface area (TPSA) is 104 Å². The molecule has 27 heavy (non-hydrogen) atoms. The van der Waals surface area contributed by atoms with Crippen molar-refractivity contribution in [2.75, 3.05) is 13.1 Å². The van der Waals surface area contributed by atoms with Gasteiger partial charge in [0.15, 0.2) is 0 Å². The lowest BCUT2D eigenvalue weighted by Crippen LogP contribution is -2.46. The fourth-order valence-corrected chi connectivity index (χ4v) is 4.33. The van der Waals surface area contributed by atoms with Crippen molar-refractivity contribution >= 4 is 21.8 Å². The molecule has 0 spiro atoms. The van der Waals surface area contributed by atoms with Crippen LogP contribution in [-0.2, 0) is 19.6 Å². The van der Waals surface area contributed by atoms with Gasteiger partial charge in [-0.15, -0.1) is 0 Å². The summed E-state index contributed by atoms with van der Waals surface area (Å²) in [6.07, 6.45) is -0.0507. The molecule has 0 radical (unpaired) electrons. The SMILES string of the molecule is Cc1cc(C)c(C)c(S(=O)(=O)NCCC(=O)NCC(=O)NC(C)(C)C)c1C. The molecule has 0 heterocycles. The maximum Gasteiger partial charge on any atom is 0.241 e. The van der Waals surface area contributed by atoms with E-state index in [1.807, 2.05) is 40.7 Å². The Morgan fingerprint density at radius 1 is 0.963 bits per heavy atom. The summed E-state index contributed by atoms with van der Waals surface area (Å²) in [5.41, 5.74) is 2.84. The summed E-state index contributed by atoms with van der Waals surface area (Å²) in [5.74, 6) is -0.687. The van der Waals surface area contributed by atoms with Crippen LogP contribution in [0.5, 0.6) is 0 Å². The van der Waals surface area contributed by atoms with Gasteiger partial charge in [-0.3, -0.25) is 9.59 Å². The van der Waals surface area contributed by atoms with Crippen LogP contribution in [0.2, 0.25) is 0 Å². The van der Waals surface area contributed by atoms with Crippen LogP contribution < -0.4 is 15.4 Å². The normalized spacial score (nSPS) is 12.0. The Balaban J connectivity index is 2.64. The number of benzene rings is 1. The van der Waals surface area contributed by atoms with Gasteiger partial charge in [-0.2, -0.15) is 0 Å². The van der Waals surface area contributed by atoms with Crippen molar-refractivity contribution in [2.45, 2.75) is 65.3 Å². The average Bonchev–Trinajstić information content (AvgIpc) is 2.49. The van der Waals surface area contributed by atoms with Crippen molar-refractivity contribution in [3.63, 3.8) is 0 Å². The second-order valence-corrected chi connectivity index (χ2v) is 9.52. The van der Waals surface area contributed by atoms with Gasteiger partial charge < -0.3 is 10.6 Å². The van der Waals surface area contributed by atoms with Crippen LogP contribution in [0.1, 0.15) is 49.4 Å². The number of carbonyl (C=O) groups is 2. The minimum atomic E-state index is -3.73. The minimum absolute atomic E-state index is 0.0407. The molecule has 7 nitrogen and oxygen atoms in total. The first-order valence-corrected chi connectivity index (χ1v) is 10.4. The van der Waals surface area contributed by atoms with Crippen LogP contribution in [0.3, 0.4) is 0 Å². The van der Waals surface area contributed by atoms with E-state index in [4.69, 9.17) is 0 Å². The van der Waals surface area contributed by atoms with E-state index in [2.05, 4.69) is 15.4 Å². The predicted octanol–water partition coefficient (Wildman–Crippen LogP) is 1.62. The molecule has 1 aromatic carbocycles. The Bertz CT molecular complexity index is 798. The van der Waals surface area contributed by atoms with Gasteiger partial charge in [-0.05, 0) is 70.7 Å². The van der Waals surface area contributed by atoms with Crippen molar-refractivity contribution in [1.82, 2.24) is 15.4 Å². The first-order valence-electron chi connectivity index (χ1n) is 8.89. The van der Waals surface area contributed by atoms with E-state index in [-0.39, 0.29) is 35.9 Å². The van der Waals surface area contributed by atoms with Crippen molar-refractivity contribution in [1.29, 1.82) is 0 Å². The van der Waals surface area contributed by atoms with Crippen LogP contribution in [0.4, 0.5) is 0 Å². The fourth-order valence-electron chi connectivity index (χ4n) is 2.68. The molecule has 0 fully saturated rings. The standard InChI is InChI=1S/C19H31N3O4S/c1-12-10-13(2)15(4)18(14(12)3)27(25,26)21-9-8-16(23)20-11-17(24)22-19(5,6)7/h10,21H,8-9,11H2,1-7H3,(H,20,23)(H,22,24). The summed E-state index contributed by atoms with van der Waals surface area (Å²) in [4.78, 5) is 23.8. The molecule has 0 bridgehead atoms. The van der Waals surface area contributed by atoms with Crippen LogP contribution in [-0.4, -0.2) is 38.9 Å². The van der Waals surface area contributed by atoms with Gasteiger partial charge in [-0.1, -0.05) is 6.07 Å². The molecular formula is C19H31N3O4S. The quantitative estimate of drug-likeness (QED) is 0.650. The molecule has 0 saturated heterocycles. The first-order chi connectivity index (χ1) is 12.2. The number of amides is 2. The highest BCUT2D eigenvalue weighted by molar-refractivity contribution is 7.89. The molecule has 0 saturated carbocycles. The largest absolute Gasteiger partial charge is 0.350 e. The number of hydrogen-bond acceptors (Lipinski definition) is 4. The lowest BCUT2D eigenvalue weighted by atomic mass is 10.0. The number of hydrogen-bond donors (Lipinski definition) is 3. The van der Waals surface area contributed by atoms with Gasteiger partial charge in [0.2, 0.25) is 21.8 Å². The Kier molecular flexibility index (Phi) is 7.57. The maximum atomic E-state index is 12.7. The third-order valence-electron chi connectivity index (χ3n) is 4.17. The van der Waals surface area contributed by atoms with E-state index in [0.29, 0.717) is 11.1 Å². The molecule has 8 heteroatoms. The Morgan fingerprint density at radius 3 is 1.96 bits per heavy atom. The molecular weight excluding hydrogens is 366 g/mol. The molecule has 3 N–H and O–H groups in total. The number of rotatable bonds is 7. The van der Waals surface area contributed by atoms with E-state index in [1.165, 1.54) is 0 Å². The van der Waals surface area contributed by atoms with Crippen molar-refractivity contribution in [3.05, 3.63) is 28.3 Å². The van der Waals surface area contributed by atoms with Crippen molar-refractivity contribution < 1.29 is 18.0 Å². The van der Waals surface area contributed by atoms with E-state index in [1.54, 1.807) is 13.8 Å². The summed E-state index contributed by atoms with van der Waals surface area (Å²) in [6.45, 7) is 12.6. The zero-order valence-electron chi connectivity index (χ0n) is 17.2. The molecule has 0 atom stereocenters. The number of aryl methyl sites for hydroxylation is 2. The Morgan fingerprint density at radius 2 is 1.48 bits per heavy atom. The molecule has 152 valence electrons. The van der Waals surface area contributed by atoms with Gasteiger partial charge in [0.05, 0.1) is 11.4 Å². The predicted molar refractivity (Wildman–Crippen MR) is 106 cm³/mol. The van der Waals surface area contributed by atoms with Crippen LogP contribution in [0.25, 0.3) is 0 Å². The van der Waals surface area contributed by atoms with E-state index < -0.39 is 15.9 Å². The van der Waals surface area contributed by atoms with E-state index >= 15 is 0 Å². The highest BCUT2D eigenvalue weighted by Gasteiger charge is 2.22. The molecule has 1 aromatic rings. The van der Waals surface area contributed by atoms with Gasteiger partial charge in [0, 0.05) is 18.5 Å².